The molecule has 1 atom stereocenters. The van der Waals surface area contributed by atoms with Gasteiger partial charge in [0.25, 0.3) is 0 Å². The van der Waals surface area contributed by atoms with Crippen molar-refractivity contribution >= 4 is 22.8 Å². The number of carbonyl (C=O) groups excluding carboxylic acids is 1. The van der Waals surface area contributed by atoms with Crippen molar-refractivity contribution in [2.45, 2.75) is 44.6 Å². The molecule has 1 aliphatic rings. The fraction of sp³-hybridized carbons (Fsp3) is 0.444. The fourth-order valence-corrected chi connectivity index (χ4v) is 3.16. The molecule has 1 fully saturated rings. The molecule has 0 saturated heterocycles. The summed E-state index contributed by atoms with van der Waals surface area (Å²) in [6.07, 6.45) is 2.68. The van der Waals surface area contributed by atoms with Crippen LogP contribution in [0.5, 0.6) is 0 Å². The van der Waals surface area contributed by atoms with E-state index in [9.17, 15) is 9.59 Å². The lowest BCUT2D eigenvalue weighted by molar-refractivity contribution is -0.142. The quantitative estimate of drug-likeness (QED) is 0.907. The van der Waals surface area contributed by atoms with Gasteiger partial charge in [-0.15, -0.1) is 0 Å². The second-order valence-electron chi connectivity index (χ2n) is 6.30. The van der Waals surface area contributed by atoms with Crippen molar-refractivity contribution in [1.82, 2.24) is 5.32 Å². The van der Waals surface area contributed by atoms with E-state index >= 15 is 0 Å². The van der Waals surface area contributed by atoms with Gasteiger partial charge in [0, 0.05) is 11.4 Å². The highest BCUT2D eigenvalue weighted by Gasteiger charge is 2.28. The maximum Gasteiger partial charge on any atom is 0.306 e. The molecule has 5 nitrogen and oxygen atoms in total. The van der Waals surface area contributed by atoms with Crippen LogP contribution >= 0.6 is 0 Å². The van der Waals surface area contributed by atoms with Gasteiger partial charge in [-0.25, -0.2) is 0 Å². The Labute approximate surface area is 134 Å². The molecule has 1 aromatic heterocycles. The first-order chi connectivity index (χ1) is 11.0. The lowest BCUT2D eigenvalue weighted by atomic mass is 9.86. The van der Waals surface area contributed by atoms with E-state index in [0.29, 0.717) is 18.6 Å². The number of benzene rings is 1. The molecule has 1 amide bonds. The van der Waals surface area contributed by atoms with Gasteiger partial charge in [0.05, 0.1) is 11.8 Å². The lowest BCUT2D eigenvalue weighted by Crippen LogP contribution is -2.40. The number of carboxylic acids is 1. The number of hydrogen-bond acceptors (Lipinski definition) is 3. The van der Waals surface area contributed by atoms with Crippen LogP contribution in [0.4, 0.5) is 0 Å². The highest BCUT2D eigenvalue weighted by molar-refractivity contribution is 5.85. The van der Waals surface area contributed by atoms with Crippen LogP contribution in [0.1, 0.15) is 44.3 Å². The van der Waals surface area contributed by atoms with Gasteiger partial charge >= 0.3 is 5.97 Å². The van der Waals surface area contributed by atoms with E-state index in [2.05, 4.69) is 5.32 Å². The first kappa shape index (κ1) is 15.6. The predicted octanol–water partition coefficient (Wildman–Crippen LogP) is 3.30. The highest BCUT2D eigenvalue weighted by atomic mass is 16.4. The van der Waals surface area contributed by atoms with Gasteiger partial charge in [0.1, 0.15) is 11.3 Å². The second kappa shape index (κ2) is 6.44. The van der Waals surface area contributed by atoms with E-state index in [1.165, 1.54) is 0 Å². The van der Waals surface area contributed by atoms with Crippen molar-refractivity contribution in [3.63, 3.8) is 0 Å². The van der Waals surface area contributed by atoms with E-state index in [4.69, 9.17) is 9.52 Å². The van der Waals surface area contributed by atoms with E-state index in [0.717, 1.165) is 23.8 Å². The zero-order chi connectivity index (χ0) is 16.4. The number of carboxylic acid groups (broad SMARTS) is 1. The molecular formula is C18H21NO4. The number of aliphatic carboxylic acids is 1. The van der Waals surface area contributed by atoms with Crippen molar-refractivity contribution in [1.29, 1.82) is 0 Å². The zero-order valence-corrected chi connectivity index (χ0v) is 13.1. The molecule has 1 heterocycles. The predicted molar refractivity (Wildman–Crippen MR) is 86.2 cm³/mol. The number of hydrogen-bond donors (Lipinski definition) is 2. The molecule has 122 valence electrons. The summed E-state index contributed by atoms with van der Waals surface area (Å²) in [7, 11) is 0. The summed E-state index contributed by atoms with van der Waals surface area (Å²) in [5, 5.41) is 13.0. The van der Waals surface area contributed by atoms with Crippen LogP contribution < -0.4 is 5.32 Å². The Balaban J connectivity index is 1.61. The summed E-state index contributed by atoms with van der Waals surface area (Å²) in [6.45, 7) is 1.83. The Morgan fingerprint density at radius 1 is 1.22 bits per heavy atom. The summed E-state index contributed by atoms with van der Waals surface area (Å²) in [4.78, 5) is 23.4. The summed E-state index contributed by atoms with van der Waals surface area (Å²) in [5.74, 6) is -0.772. The van der Waals surface area contributed by atoms with Crippen LogP contribution in [-0.4, -0.2) is 23.0 Å². The summed E-state index contributed by atoms with van der Waals surface area (Å²) in [6, 6.07) is 9.65. The minimum absolute atomic E-state index is 0.0601. The van der Waals surface area contributed by atoms with Crippen LogP contribution in [-0.2, 0) is 9.59 Å². The van der Waals surface area contributed by atoms with E-state index in [1.807, 2.05) is 37.3 Å². The highest BCUT2D eigenvalue weighted by Crippen LogP contribution is 2.27. The smallest absolute Gasteiger partial charge is 0.306 e. The first-order valence-corrected chi connectivity index (χ1v) is 8.06. The summed E-state index contributed by atoms with van der Waals surface area (Å²) in [5.41, 5.74) is 0.782. The molecule has 1 saturated carbocycles. The maximum atomic E-state index is 12.4. The minimum Gasteiger partial charge on any atom is -0.481 e. The molecule has 0 bridgehead atoms. The monoisotopic (exact) mass is 315 g/mol. The Morgan fingerprint density at radius 3 is 2.57 bits per heavy atom. The third-order valence-corrected chi connectivity index (χ3v) is 4.69. The molecule has 0 spiro atoms. The summed E-state index contributed by atoms with van der Waals surface area (Å²) >= 11 is 0. The molecule has 23 heavy (non-hydrogen) atoms. The SMILES string of the molecule is CC(C(=O)NC1CCC(C(=O)O)CC1)c1cc2ccccc2o1. The third-order valence-electron chi connectivity index (χ3n) is 4.69. The standard InChI is InChI=1S/C18H21NO4/c1-11(16-10-13-4-2-3-5-15(13)23-16)17(20)19-14-8-6-12(7-9-14)18(21)22/h2-5,10-12,14H,6-9H2,1H3,(H,19,20)(H,21,22). The minimum atomic E-state index is -0.731. The number of nitrogens with one attached hydrogen (secondary N) is 1. The van der Waals surface area contributed by atoms with Crippen LogP contribution in [0.25, 0.3) is 11.0 Å². The van der Waals surface area contributed by atoms with Crippen molar-refractivity contribution in [2.24, 2.45) is 5.92 Å². The van der Waals surface area contributed by atoms with Crippen molar-refractivity contribution in [3.05, 3.63) is 36.1 Å². The molecule has 5 heteroatoms. The Hall–Kier alpha value is -2.30. The van der Waals surface area contributed by atoms with Crippen LogP contribution in [0.2, 0.25) is 0 Å². The maximum absolute atomic E-state index is 12.4. The topological polar surface area (TPSA) is 79.5 Å². The van der Waals surface area contributed by atoms with Gasteiger partial charge in [-0.2, -0.15) is 0 Å². The number of furan rings is 1. The number of fused-ring (bicyclic) bond motifs is 1. The third kappa shape index (κ3) is 3.38. The van der Waals surface area contributed by atoms with Crippen molar-refractivity contribution in [2.75, 3.05) is 0 Å². The molecule has 1 aliphatic carbocycles. The van der Waals surface area contributed by atoms with Gasteiger partial charge in [-0.05, 0) is 44.7 Å². The van der Waals surface area contributed by atoms with Crippen LogP contribution in [0.3, 0.4) is 0 Å². The Morgan fingerprint density at radius 2 is 1.91 bits per heavy atom. The molecule has 3 rings (SSSR count). The normalized spacial score (nSPS) is 22.7. The molecule has 0 radical (unpaired) electrons. The number of rotatable bonds is 4. The van der Waals surface area contributed by atoms with Gasteiger partial charge in [0.15, 0.2) is 0 Å². The molecule has 0 aliphatic heterocycles. The largest absolute Gasteiger partial charge is 0.481 e. The van der Waals surface area contributed by atoms with Crippen molar-refractivity contribution < 1.29 is 19.1 Å². The van der Waals surface area contributed by atoms with Crippen LogP contribution in [0.15, 0.2) is 34.7 Å². The molecule has 2 N–H and O–H groups in total. The average Bonchev–Trinajstić information content (AvgIpc) is 2.98. The average molecular weight is 315 g/mol. The summed E-state index contributed by atoms with van der Waals surface area (Å²) < 4.78 is 5.75. The molecule has 1 unspecified atom stereocenters. The van der Waals surface area contributed by atoms with Crippen LogP contribution in [0, 0.1) is 5.92 Å². The zero-order valence-electron chi connectivity index (χ0n) is 13.1. The Bertz CT molecular complexity index is 680. The lowest BCUT2D eigenvalue weighted by Gasteiger charge is -2.27. The molecular weight excluding hydrogens is 294 g/mol. The van der Waals surface area contributed by atoms with Gasteiger partial charge in [-0.1, -0.05) is 18.2 Å². The van der Waals surface area contributed by atoms with E-state index in [-0.39, 0.29) is 23.8 Å². The van der Waals surface area contributed by atoms with E-state index in [1.54, 1.807) is 0 Å². The van der Waals surface area contributed by atoms with Gasteiger partial charge in [0.2, 0.25) is 5.91 Å². The second-order valence-corrected chi connectivity index (χ2v) is 6.30. The number of para-hydroxylation sites is 1. The van der Waals surface area contributed by atoms with Gasteiger partial charge < -0.3 is 14.8 Å². The Kier molecular flexibility index (Phi) is 4.37. The number of carbonyl (C=O) groups is 2. The van der Waals surface area contributed by atoms with Gasteiger partial charge in [-0.3, -0.25) is 9.59 Å². The number of amides is 1. The van der Waals surface area contributed by atoms with E-state index < -0.39 is 5.97 Å². The first-order valence-electron chi connectivity index (χ1n) is 8.06. The molecule has 1 aromatic carbocycles. The van der Waals surface area contributed by atoms with Crippen molar-refractivity contribution in [3.8, 4) is 0 Å². The molecule has 2 aromatic rings. The fourth-order valence-electron chi connectivity index (χ4n) is 3.16.